The highest BCUT2D eigenvalue weighted by atomic mass is 16.6. The SMILES string of the molecule is C=C1C[C@H](C)C[C@@H]2CC=C[C@@H](C/C=C\C(=O)O[C@H]([C@@H](O)[C@H]3O[C@@H]3[C@@H]3CC(C)=CCO3)C/C=C/[C@@H](O)C1)O2. The Morgan fingerprint density at radius 1 is 1.05 bits per heavy atom. The molecule has 4 rings (SSSR count). The van der Waals surface area contributed by atoms with Gasteiger partial charge in [-0.05, 0) is 51.4 Å². The third-order valence-electron chi connectivity index (χ3n) is 7.44. The first-order chi connectivity index (χ1) is 17.8. The maximum absolute atomic E-state index is 12.6. The van der Waals surface area contributed by atoms with Gasteiger partial charge >= 0.3 is 5.97 Å². The molecule has 37 heavy (non-hydrogen) atoms. The van der Waals surface area contributed by atoms with Gasteiger partial charge in [-0.15, -0.1) is 0 Å². The number of cyclic esters (lactones) is 1. The summed E-state index contributed by atoms with van der Waals surface area (Å²) in [5.41, 5.74) is 2.23. The van der Waals surface area contributed by atoms with Gasteiger partial charge in [-0.2, -0.15) is 0 Å². The van der Waals surface area contributed by atoms with Crippen LogP contribution >= 0.6 is 0 Å². The van der Waals surface area contributed by atoms with Crippen molar-refractivity contribution in [3.8, 4) is 0 Å². The standard InChI is InChI=1S/C30H42O7/c1-19-13-14-34-26(18-19)29-30(37-29)28(33)25-11-4-7-22(31)16-20(2)15-21(3)17-24-10-5-8-23(35-24)9-6-12-27(32)36-25/h4-8,12-13,21-26,28-31,33H,2,9-11,14-18H2,1,3H3/b7-4+,12-6-/t21-,22+,23-,24-,25-,26-,28+,29+,30+/m0/s1. The van der Waals surface area contributed by atoms with E-state index >= 15 is 0 Å². The zero-order valence-electron chi connectivity index (χ0n) is 22.0. The van der Waals surface area contributed by atoms with Crippen LogP contribution in [0.1, 0.15) is 58.8 Å². The predicted molar refractivity (Wildman–Crippen MR) is 141 cm³/mol. The summed E-state index contributed by atoms with van der Waals surface area (Å²) in [5.74, 6) is -0.133. The van der Waals surface area contributed by atoms with E-state index in [1.807, 2.05) is 12.2 Å². The number of carbonyl (C=O) groups is 1. The van der Waals surface area contributed by atoms with Crippen LogP contribution < -0.4 is 0 Å². The summed E-state index contributed by atoms with van der Waals surface area (Å²) >= 11 is 0. The number of aliphatic hydroxyl groups excluding tert-OH is 2. The molecule has 1 fully saturated rings. The molecule has 0 unspecified atom stereocenters. The minimum absolute atomic E-state index is 0.0863. The fourth-order valence-electron chi connectivity index (χ4n) is 5.51. The molecule has 9 atom stereocenters. The average molecular weight is 515 g/mol. The predicted octanol–water partition coefficient (Wildman–Crippen LogP) is 4.11. The fourth-order valence-corrected chi connectivity index (χ4v) is 5.51. The van der Waals surface area contributed by atoms with Crippen molar-refractivity contribution in [3.63, 3.8) is 0 Å². The molecule has 7 nitrogen and oxygen atoms in total. The molecule has 2 bridgehead atoms. The molecule has 0 aromatic carbocycles. The van der Waals surface area contributed by atoms with Crippen LogP contribution in [0.25, 0.3) is 0 Å². The van der Waals surface area contributed by atoms with Gasteiger partial charge in [0.2, 0.25) is 0 Å². The molecule has 0 aliphatic carbocycles. The van der Waals surface area contributed by atoms with Gasteiger partial charge in [0.15, 0.2) is 0 Å². The van der Waals surface area contributed by atoms with Crippen molar-refractivity contribution in [3.05, 3.63) is 60.3 Å². The van der Waals surface area contributed by atoms with Crippen LogP contribution in [0.4, 0.5) is 0 Å². The lowest BCUT2D eigenvalue weighted by atomic mass is 9.91. The number of rotatable bonds is 3. The van der Waals surface area contributed by atoms with Crippen LogP contribution in [0.3, 0.4) is 0 Å². The van der Waals surface area contributed by atoms with Crippen molar-refractivity contribution in [2.75, 3.05) is 6.61 Å². The van der Waals surface area contributed by atoms with Crippen LogP contribution in [0.5, 0.6) is 0 Å². The van der Waals surface area contributed by atoms with Crippen LogP contribution in [-0.2, 0) is 23.7 Å². The number of fused-ring (bicyclic) bond motifs is 2. The first kappa shape index (κ1) is 28.0. The molecular formula is C30H42O7. The van der Waals surface area contributed by atoms with Gasteiger partial charge in [0.1, 0.15) is 24.4 Å². The van der Waals surface area contributed by atoms with Crippen molar-refractivity contribution in [1.29, 1.82) is 0 Å². The maximum atomic E-state index is 12.6. The Hall–Kier alpha value is -2.03. The normalized spacial score (nSPS) is 40.5. The summed E-state index contributed by atoms with van der Waals surface area (Å²) in [6.07, 6.45) is 14.2. The number of hydrogen-bond donors (Lipinski definition) is 2. The molecule has 0 aromatic rings. The van der Waals surface area contributed by atoms with Gasteiger partial charge in [0, 0.05) is 12.5 Å². The number of carbonyl (C=O) groups excluding carboxylic acids is 1. The second-order valence-corrected chi connectivity index (χ2v) is 11.0. The first-order valence-corrected chi connectivity index (χ1v) is 13.6. The zero-order chi connectivity index (χ0) is 26.4. The van der Waals surface area contributed by atoms with E-state index in [-0.39, 0.29) is 30.8 Å². The van der Waals surface area contributed by atoms with Crippen LogP contribution in [-0.4, -0.2) is 71.6 Å². The van der Waals surface area contributed by atoms with E-state index in [4.69, 9.17) is 18.9 Å². The van der Waals surface area contributed by atoms with E-state index in [9.17, 15) is 15.0 Å². The van der Waals surface area contributed by atoms with Gasteiger partial charge in [0.05, 0.1) is 31.0 Å². The van der Waals surface area contributed by atoms with Gasteiger partial charge in [-0.25, -0.2) is 4.79 Å². The summed E-state index contributed by atoms with van der Waals surface area (Å²) in [6.45, 7) is 8.95. The molecule has 4 aliphatic heterocycles. The Bertz CT molecular complexity index is 919. The number of esters is 1. The number of ether oxygens (including phenoxy) is 4. The van der Waals surface area contributed by atoms with Crippen molar-refractivity contribution >= 4 is 5.97 Å². The van der Waals surface area contributed by atoms with E-state index in [1.54, 1.807) is 18.2 Å². The summed E-state index contributed by atoms with van der Waals surface area (Å²) in [6, 6.07) is 0. The van der Waals surface area contributed by atoms with E-state index in [0.29, 0.717) is 25.4 Å². The molecule has 4 heterocycles. The van der Waals surface area contributed by atoms with Gasteiger partial charge in [-0.3, -0.25) is 0 Å². The van der Waals surface area contributed by atoms with Crippen molar-refractivity contribution in [1.82, 2.24) is 0 Å². The summed E-state index contributed by atoms with van der Waals surface area (Å²) in [4.78, 5) is 12.6. The van der Waals surface area contributed by atoms with E-state index in [2.05, 4.69) is 26.5 Å². The van der Waals surface area contributed by atoms with E-state index in [0.717, 1.165) is 31.3 Å². The average Bonchev–Trinajstić information content (AvgIpc) is 3.63. The first-order valence-electron chi connectivity index (χ1n) is 13.6. The lowest BCUT2D eigenvalue weighted by Crippen LogP contribution is -2.38. The highest BCUT2D eigenvalue weighted by Crippen LogP contribution is 2.36. The largest absolute Gasteiger partial charge is 0.456 e. The van der Waals surface area contributed by atoms with Gasteiger partial charge in [-0.1, -0.05) is 61.1 Å². The van der Waals surface area contributed by atoms with Crippen molar-refractivity contribution in [2.45, 2.75) is 108 Å². The van der Waals surface area contributed by atoms with Crippen LogP contribution in [0.15, 0.2) is 60.3 Å². The van der Waals surface area contributed by atoms with Gasteiger partial charge < -0.3 is 29.2 Å². The van der Waals surface area contributed by atoms with Crippen molar-refractivity contribution in [2.24, 2.45) is 5.92 Å². The van der Waals surface area contributed by atoms with Gasteiger partial charge in [0.25, 0.3) is 0 Å². The number of epoxide rings is 1. The minimum atomic E-state index is -1.01. The molecule has 0 spiro atoms. The molecule has 204 valence electrons. The van der Waals surface area contributed by atoms with Crippen LogP contribution in [0.2, 0.25) is 0 Å². The molecule has 0 radical (unpaired) electrons. The molecule has 1 saturated heterocycles. The molecule has 0 amide bonds. The van der Waals surface area contributed by atoms with E-state index in [1.165, 1.54) is 11.6 Å². The Balaban J connectivity index is 1.43. The fraction of sp³-hybridized carbons (Fsp3) is 0.633. The zero-order valence-corrected chi connectivity index (χ0v) is 22.0. The van der Waals surface area contributed by atoms with E-state index < -0.39 is 30.4 Å². The Kier molecular flexibility index (Phi) is 9.96. The van der Waals surface area contributed by atoms with Crippen molar-refractivity contribution < 1.29 is 34.0 Å². The summed E-state index contributed by atoms with van der Waals surface area (Å²) < 4.78 is 23.5. The molecule has 7 heteroatoms. The second kappa shape index (κ2) is 13.2. The quantitative estimate of drug-likeness (QED) is 0.332. The number of aliphatic hydroxyl groups is 2. The highest BCUT2D eigenvalue weighted by molar-refractivity contribution is 5.82. The number of hydrogen-bond acceptors (Lipinski definition) is 7. The minimum Gasteiger partial charge on any atom is -0.456 e. The van der Waals surface area contributed by atoms with Crippen LogP contribution in [0, 0.1) is 5.92 Å². The Morgan fingerprint density at radius 3 is 2.68 bits per heavy atom. The topological polar surface area (TPSA) is 97.8 Å². The molecule has 0 saturated carbocycles. The Labute approximate surface area is 220 Å². The molecular weight excluding hydrogens is 472 g/mol. The monoisotopic (exact) mass is 514 g/mol. The third-order valence-corrected chi connectivity index (χ3v) is 7.44. The lowest BCUT2D eigenvalue weighted by molar-refractivity contribution is -0.149. The smallest absolute Gasteiger partial charge is 0.330 e. The summed E-state index contributed by atoms with van der Waals surface area (Å²) in [5, 5.41) is 21.6. The molecule has 4 aliphatic rings. The molecule has 2 N–H and O–H groups in total. The third kappa shape index (κ3) is 8.48. The highest BCUT2D eigenvalue weighted by Gasteiger charge is 2.52. The maximum Gasteiger partial charge on any atom is 0.330 e. The molecule has 0 aromatic heterocycles. The Morgan fingerprint density at radius 2 is 1.86 bits per heavy atom. The summed E-state index contributed by atoms with van der Waals surface area (Å²) in [7, 11) is 0. The lowest BCUT2D eigenvalue weighted by Gasteiger charge is -2.28. The second-order valence-electron chi connectivity index (χ2n) is 11.0.